The molecule has 1 amide bonds. The lowest BCUT2D eigenvalue weighted by molar-refractivity contribution is 0.0955. The van der Waals surface area contributed by atoms with Gasteiger partial charge in [-0.25, -0.2) is 0 Å². The molecule has 0 radical (unpaired) electrons. The number of fused-ring (bicyclic) bond motifs is 1. The van der Waals surface area contributed by atoms with E-state index in [1.807, 2.05) is 12.3 Å². The number of carbonyl (C=O) groups excluding carboxylic acids is 1. The van der Waals surface area contributed by atoms with Gasteiger partial charge >= 0.3 is 0 Å². The van der Waals surface area contributed by atoms with Gasteiger partial charge in [0.05, 0.1) is 16.2 Å². The van der Waals surface area contributed by atoms with Crippen molar-refractivity contribution in [1.82, 2.24) is 5.32 Å². The van der Waals surface area contributed by atoms with Gasteiger partial charge in [0, 0.05) is 11.9 Å². The van der Waals surface area contributed by atoms with E-state index in [4.69, 9.17) is 5.21 Å². The Morgan fingerprint density at radius 2 is 2.44 bits per heavy atom. The second-order valence-corrected chi connectivity index (χ2v) is 4.60. The normalized spacial score (nSPS) is 17.2. The van der Waals surface area contributed by atoms with Crippen LogP contribution in [0.4, 0.5) is 0 Å². The van der Waals surface area contributed by atoms with E-state index in [0.717, 1.165) is 35.3 Å². The van der Waals surface area contributed by atoms with E-state index in [2.05, 4.69) is 10.5 Å². The van der Waals surface area contributed by atoms with Crippen molar-refractivity contribution < 1.29 is 10.0 Å². The minimum atomic E-state index is -0.0285. The Balaban J connectivity index is 2.37. The standard InChI is InChI=1S/C11H14N2O2S/c1-2-12-11(14)8-6-16-10-7(8)4-3-5-9(10)13-15/h6,15H,2-5H2,1H3,(H,12,14)/b13-9+. The van der Waals surface area contributed by atoms with Crippen LogP contribution in [-0.2, 0) is 6.42 Å². The van der Waals surface area contributed by atoms with E-state index >= 15 is 0 Å². The van der Waals surface area contributed by atoms with Gasteiger partial charge in [0.25, 0.3) is 5.91 Å². The number of thiophene rings is 1. The molecule has 1 aliphatic rings. The highest BCUT2D eigenvalue weighted by molar-refractivity contribution is 7.12. The molecule has 0 saturated carbocycles. The predicted molar refractivity (Wildman–Crippen MR) is 63.6 cm³/mol. The second kappa shape index (κ2) is 4.65. The van der Waals surface area contributed by atoms with Crippen molar-refractivity contribution in [2.75, 3.05) is 6.54 Å². The molecule has 0 bridgehead atoms. The molecule has 1 heterocycles. The lowest BCUT2D eigenvalue weighted by atomic mass is 9.94. The fraction of sp³-hybridized carbons (Fsp3) is 0.455. The third-order valence-corrected chi connectivity index (χ3v) is 3.77. The van der Waals surface area contributed by atoms with Gasteiger partial charge in [-0.3, -0.25) is 4.79 Å². The van der Waals surface area contributed by atoms with E-state index in [9.17, 15) is 4.79 Å². The molecule has 1 aromatic heterocycles. The maximum atomic E-state index is 11.8. The molecule has 0 atom stereocenters. The average molecular weight is 238 g/mol. The molecule has 86 valence electrons. The van der Waals surface area contributed by atoms with Gasteiger partial charge in [-0.1, -0.05) is 5.16 Å². The van der Waals surface area contributed by atoms with Crippen molar-refractivity contribution in [3.8, 4) is 0 Å². The van der Waals surface area contributed by atoms with Crippen LogP contribution >= 0.6 is 11.3 Å². The largest absolute Gasteiger partial charge is 0.411 e. The number of carbonyl (C=O) groups is 1. The number of hydrogen-bond donors (Lipinski definition) is 2. The minimum absolute atomic E-state index is 0.0285. The van der Waals surface area contributed by atoms with E-state index in [1.165, 1.54) is 11.3 Å². The molecule has 0 spiro atoms. The summed E-state index contributed by atoms with van der Waals surface area (Å²) in [6.45, 7) is 2.53. The van der Waals surface area contributed by atoms with Crippen molar-refractivity contribution in [2.24, 2.45) is 5.16 Å². The Bertz CT molecular complexity index is 437. The van der Waals surface area contributed by atoms with Gasteiger partial charge in [-0.15, -0.1) is 11.3 Å². The summed E-state index contributed by atoms with van der Waals surface area (Å²) < 4.78 is 0. The fourth-order valence-corrected chi connectivity index (χ4v) is 3.08. The monoisotopic (exact) mass is 238 g/mol. The van der Waals surface area contributed by atoms with Crippen LogP contribution in [0.5, 0.6) is 0 Å². The van der Waals surface area contributed by atoms with Gasteiger partial charge in [-0.05, 0) is 31.7 Å². The lowest BCUT2D eigenvalue weighted by Gasteiger charge is -2.13. The van der Waals surface area contributed by atoms with Gasteiger partial charge in [0.1, 0.15) is 0 Å². The molecule has 0 fully saturated rings. The summed E-state index contributed by atoms with van der Waals surface area (Å²) in [4.78, 5) is 12.7. The van der Waals surface area contributed by atoms with Crippen LogP contribution in [0, 0.1) is 0 Å². The first-order valence-electron chi connectivity index (χ1n) is 5.37. The number of nitrogens with one attached hydrogen (secondary N) is 1. The van der Waals surface area contributed by atoms with E-state index in [-0.39, 0.29) is 5.91 Å². The number of oxime groups is 1. The number of rotatable bonds is 2. The van der Waals surface area contributed by atoms with Crippen LogP contribution in [0.2, 0.25) is 0 Å². The molecule has 2 N–H and O–H groups in total. The summed E-state index contributed by atoms with van der Waals surface area (Å²) in [5.41, 5.74) is 2.49. The first-order valence-corrected chi connectivity index (χ1v) is 6.25. The first-order chi connectivity index (χ1) is 7.77. The molecular formula is C11H14N2O2S. The molecule has 0 saturated heterocycles. The van der Waals surface area contributed by atoms with Crippen LogP contribution in [0.25, 0.3) is 0 Å². The van der Waals surface area contributed by atoms with Gasteiger partial charge in [-0.2, -0.15) is 0 Å². The zero-order valence-corrected chi connectivity index (χ0v) is 9.93. The summed E-state index contributed by atoms with van der Waals surface area (Å²) in [5.74, 6) is -0.0285. The molecular weight excluding hydrogens is 224 g/mol. The molecule has 1 aromatic rings. The topological polar surface area (TPSA) is 61.7 Å². The molecule has 1 aliphatic carbocycles. The van der Waals surface area contributed by atoms with E-state index in [0.29, 0.717) is 12.3 Å². The van der Waals surface area contributed by atoms with Crippen molar-refractivity contribution in [2.45, 2.75) is 26.2 Å². The van der Waals surface area contributed by atoms with E-state index in [1.54, 1.807) is 0 Å². The third-order valence-electron chi connectivity index (χ3n) is 2.70. The van der Waals surface area contributed by atoms with Crippen LogP contribution < -0.4 is 5.32 Å². The zero-order valence-electron chi connectivity index (χ0n) is 9.12. The molecule has 0 aromatic carbocycles. The summed E-state index contributed by atoms with van der Waals surface area (Å²) in [6, 6.07) is 0. The van der Waals surface area contributed by atoms with Crippen molar-refractivity contribution >= 4 is 23.0 Å². The summed E-state index contributed by atoms with van der Waals surface area (Å²) in [6.07, 6.45) is 2.62. The quantitative estimate of drug-likeness (QED) is 0.611. The van der Waals surface area contributed by atoms with E-state index < -0.39 is 0 Å². The van der Waals surface area contributed by atoms with Crippen LogP contribution in [-0.4, -0.2) is 23.4 Å². The molecule has 0 aliphatic heterocycles. The summed E-state index contributed by atoms with van der Waals surface area (Å²) in [7, 11) is 0. The Labute approximate surface area is 98.0 Å². The van der Waals surface area contributed by atoms with Crippen molar-refractivity contribution in [1.29, 1.82) is 0 Å². The average Bonchev–Trinajstić information content (AvgIpc) is 2.72. The Morgan fingerprint density at radius 3 is 3.12 bits per heavy atom. The molecule has 2 rings (SSSR count). The van der Waals surface area contributed by atoms with Crippen molar-refractivity contribution in [3.05, 3.63) is 21.4 Å². The Hall–Kier alpha value is -1.36. The molecule has 0 unspecified atom stereocenters. The Kier molecular flexibility index (Phi) is 3.24. The predicted octanol–water partition coefficient (Wildman–Crippen LogP) is 2.01. The third kappa shape index (κ3) is 1.82. The van der Waals surface area contributed by atoms with Crippen molar-refractivity contribution in [3.63, 3.8) is 0 Å². The number of amides is 1. The fourth-order valence-electron chi connectivity index (χ4n) is 1.96. The van der Waals surface area contributed by atoms with Gasteiger partial charge in [0.2, 0.25) is 0 Å². The van der Waals surface area contributed by atoms with Gasteiger partial charge in [0.15, 0.2) is 0 Å². The second-order valence-electron chi connectivity index (χ2n) is 3.72. The van der Waals surface area contributed by atoms with Crippen LogP contribution in [0.1, 0.15) is 40.6 Å². The smallest absolute Gasteiger partial charge is 0.252 e. The maximum absolute atomic E-state index is 11.8. The molecule has 5 heteroatoms. The highest BCUT2D eigenvalue weighted by atomic mass is 32.1. The van der Waals surface area contributed by atoms with Gasteiger partial charge < -0.3 is 10.5 Å². The summed E-state index contributed by atoms with van der Waals surface area (Å²) in [5, 5.41) is 16.8. The highest BCUT2D eigenvalue weighted by Gasteiger charge is 2.23. The molecule has 4 nitrogen and oxygen atoms in total. The number of hydrogen-bond acceptors (Lipinski definition) is 4. The first kappa shape index (κ1) is 11.1. The lowest BCUT2D eigenvalue weighted by Crippen LogP contribution is -2.24. The molecule has 16 heavy (non-hydrogen) atoms. The Morgan fingerprint density at radius 1 is 1.62 bits per heavy atom. The summed E-state index contributed by atoms with van der Waals surface area (Å²) >= 11 is 1.49. The van der Waals surface area contributed by atoms with Crippen LogP contribution in [0.15, 0.2) is 10.5 Å². The SMILES string of the molecule is CCNC(=O)c1csc2c1CCC/C2=N\O. The minimum Gasteiger partial charge on any atom is -0.411 e. The maximum Gasteiger partial charge on any atom is 0.252 e. The van der Waals surface area contributed by atoms with Crippen LogP contribution in [0.3, 0.4) is 0 Å². The number of nitrogens with zero attached hydrogens (tertiary/aromatic N) is 1. The zero-order chi connectivity index (χ0) is 11.5. The highest BCUT2D eigenvalue weighted by Crippen LogP contribution is 2.30.